The van der Waals surface area contributed by atoms with Gasteiger partial charge in [-0.25, -0.2) is 8.42 Å². The molecule has 0 saturated carbocycles. The van der Waals surface area contributed by atoms with E-state index in [9.17, 15) is 13.2 Å². The summed E-state index contributed by atoms with van der Waals surface area (Å²) < 4.78 is 25.6. The molecule has 1 aromatic carbocycles. The Kier molecular flexibility index (Phi) is 4.04. The molecule has 2 rings (SSSR count). The van der Waals surface area contributed by atoms with Gasteiger partial charge in [0, 0.05) is 25.4 Å². The number of anilines is 1. The number of fused-ring (bicyclic) bond motifs is 1. The number of rotatable bonds is 3. The molecule has 2 atom stereocenters. The molecule has 1 N–H and O–H groups in total. The second kappa shape index (κ2) is 5.44. The third kappa shape index (κ3) is 2.95. The summed E-state index contributed by atoms with van der Waals surface area (Å²) in [5, 5.41) is 2.79. The van der Waals surface area contributed by atoms with E-state index in [4.69, 9.17) is 0 Å². The first kappa shape index (κ1) is 14.8. The number of carbonyl (C=O) groups is 1. The molecule has 1 aliphatic heterocycles. The van der Waals surface area contributed by atoms with Crippen LogP contribution in [-0.2, 0) is 21.2 Å². The Bertz CT molecular complexity index is 613. The molecule has 0 aromatic heterocycles. The molecule has 0 saturated heterocycles. The van der Waals surface area contributed by atoms with Gasteiger partial charge in [0.2, 0.25) is 15.9 Å². The van der Waals surface area contributed by atoms with Crippen molar-refractivity contribution in [3.8, 4) is 0 Å². The van der Waals surface area contributed by atoms with Crippen molar-refractivity contribution in [3.63, 3.8) is 0 Å². The lowest BCUT2D eigenvalue weighted by Crippen LogP contribution is -2.49. The average molecular weight is 296 g/mol. The maximum Gasteiger partial charge on any atom is 0.232 e. The molecular formula is C14H20N2O3S. The molecule has 1 amide bonds. The van der Waals surface area contributed by atoms with Crippen molar-refractivity contribution in [1.29, 1.82) is 0 Å². The molecule has 1 unspecified atom stereocenters. The van der Waals surface area contributed by atoms with Crippen molar-refractivity contribution in [2.75, 3.05) is 17.1 Å². The van der Waals surface area contributed by atoms with Gasteiger partial charge >= 0.3 is 0 Å². The summed E-state index contributed by atoms with van der Waals surface area (Å²) in [5.41, 5.74) is 1.76. The van der Waals surface area contributed by atoms with Gasteiger partial charge in [-0.1, -0.05) is 18.2 Å². The fourth-order valence-electron chi connectivity index (χ4n) is 2.76. The highest BCUT2D eigenvalue weighted by Gasteiger charge is 2.35. The van der Waals surface area contributed by atoms with Gasteiger partial charge in [0.15, 0.2) is 0 Å². The first-order valence-corrected chi connectivity index (χ1v) is 8.47. The average Bonchev–Trinajstić information content (AvgIpc) is 2.34. The van der Waals surface area contributed by atoms with Crippen LogP contribution in [0.5, 0.6) is 0 Å². The number of hydrogen-bond donors (Lipinski definition) is 1. The highest BCUT2D eigenvalue weighted by atomic mass is 32.2. The van der Waals surface area contributed by atoms with E-state index in [1.807, 2.05) is 31.2 Å². The monoisotopic (exact) mass is 296 g/mol. The van der Waals surface area contributed by atoms with Gasteiger partial charge in [-0.15, -0.1) is 0 Å². The van der Waals surface area contributed by atoms with E-state index in [-0.39, 0.29) is 17.9 Å². The van der Waals surface area contributed by atoms with E-state index in [2.05, 4.69) is 5.32 Å². The van der Waals surface area contributed by atoms with Gasteiger partial charge in [0.05, 0.1) is 11.9 Å². The van der Waals surface area contributed by atoms with Gasteiger partial charge in [-0.2, -0.15) is 0 Å². The second-order valence-electron chi connectivity index (χ2n) is 5.33. The lowest BCUT2D eigenvalue weighted by molar-refractivity contribution is -0.119. The van der Waals surface area contributed by atoms with Crippen LogP contribution >= 0.6 is 0 Å². The van der Waals surface area contributed by atoms with Gasteiger partial charge in [0.1, 0.15) is 0 Å². The zero-order chi connectivity index (χ0) is 14.9. The maximum atomic E-state index is 12.1. The van der Waals surface area contributed by atoms with Crippen molar-refractivity contribution in [1.82, 2.24) is 5.32 Å². The minimum atomic E-state index is -3.34. The first-order chi connectivity index (χ1) is 9.30. The molecule has 1 heterocycles. The number of nitrogens with zero attached hydrogens (tertiary/aromatic N) is 1. The minimum Gasteiger partial charge on any atom is -0.356 e. The Morgan fingerprint density at radius 3 is 2.65 bits per heavy atom. The third-order valence-electron chi connectivity index (χ3n) is 3.73. The van der Waals surface area contributed by atoms with Crippen molar-refractivity contribution in [3.05, 3.63) is 29.8 Å². The number of nitrogens with one attached hydrogen (secondary N) is 1. The lowest BCUT2D eigenvalue weighted by atomic mass is 9.88. The van der Waals surface area contributed by atoms with E-state index >= 15 is 0 Å². The van der Waals surface area contributed by atoms with Crippen molar-refractivity contribution < 1.29 is 13.2 Å². The van der Waals surface area contributed by atoms with Crippen LogP contribution in [0.4, 0.5) is 5.69 Å². The smallest absolute Gasteiger partial charge is 0.232 e. The minimum absolute atomic E-state index is 0.0727. The van der Waals surface area contributed by atoms with E-state index in [0.717, 1.165) is 17.7 Å². The quantitative estimate of drug-likeness (QED) is 0.910. The molecule has 6 heteroatoms. The van der Waals surface area contributed by atoms with Crippen LogP contribution in [0.25, 0.3) is 0 Å². The number of benzene rings is 1. The second-order valence-corrected chi connectivity index (χ2v) is 7.19. The summed E-state index contributed by atoms with van der Waals surface area (Å²) in [6.45, 7) is 3.84. The topological polar surface area (TPSA) is 66.5 Å². The fraction of sp³-hybridized carbons (Fsp3) is 0.500. The van der Waals surface area contributed by atoms with E-state index in [1.165, 1.54) is 17.5 Å². The number of amides is 1. The fourth-order valence-corrected chi connectivity index (χ4v) is 4.07. The lowest BCUT2D eigenvalue weighted by Gasteiger charge is -2.40. The summed E-state index contributed by atoms with van der Waals surface area (Å²) >= 11 is 0. The van der Waals surface area contributed by atoms with Crippen LogP contribution < -0.4 is 9.62 Å². The molecule has 110 valence electrons. The first-order valence-electron chi connectivity index (χ1n) is 6.62. The number of sulfonamides is 1. The molecule has 0 spiro atoms. The molecule has 0 radical (unpaired) electrons. The van der Waals surface area contributed by atoms with E-state index in [0.29, 0.717) is 6.54 Å². The van der Waals surface area contributed by atoms with E-state index in [1.54, 1.807) is 0 Å². The molecule has 1 aliphatic rings. The molecule has 0 aliphatic carbocycles. The van der Waals surface area contributed by atoms with Crippen molar-refractivity contribution in [2.45, 2.75) is 26.3 Å². The highest BCUT2D eigenvalue weighted by Crippen LogP contribution is 2.35. The largest absolute Gasteiger partial charge is 0.356 e. The Balaban J connectivity index is 2.38. The predicted molar refractivity (Wildman–Crippen MR) is 79.1 cm³/mol. The summed E-state index contributed by atoms with van der Waals surface area (Å²) in [4.78, 5) is 11.1. The Hall–Kier alpha value is -1.56. The van der Waals surface area contributed by atoms with Crippen LogP contribution in [0, 0.1) is 5.92 Å². The molecule has 1 aromatic rings. The van der Waals surface area contributed by atoms with Gasteiger partial charge in [0.25, 0.3) is 0 Å². The van der Waals surface area contributed by atoms with Crippen molar-refractivity contribution in [2.24, 2.45) is 5.92 Å². The Labute approximate surface area is 120 Å². The molecule has 0 bridgehead atoms. The van der Waals surface area contributed by atoms with Crippen LogP contribution in [0.15, 0.2) is 24.3 Å². The van der Waals surface area contributed by atoms with Crippen LogP contribution in [0.1, 0.15) is 19.4 Å². The van der Waals surface area contributed by atoms with Crippen LogP contribution in [-0.4, -0.2) is 33.2 Å². The SMILES string of the molecule is CC(=O)NCC1Cc2ccccc2N(S(C)(=O)=O)[C@@H]1C. The highest BCUT2D eigenvalue weighted by molar-refractivity contribution is 7.92. The number of para-hydroxylation sites is 1. The van der Waals surface area contributed by atoms with Crippen LogP contribution in [0.3, 0.4) is 0 Å². The van der Waals surface area contributed by atoms with Gasteiger partial charge < -0.3 is 5.32 Å². The Morgan fingerprint density at radius 1 is 1.40 bits per heavy atom. The van der Waals surface area contributed by atoms with Gasteiger partial charge in [-0.05, 0) is 25.0 Å². The molecular weight excluding hydrogens is 276 g/mol. The Morgan fingerprint density at radius 2 is 2.05 bits per heavy atom. The summed E-state index contributed by atoms with van der Waals surface area (Å²) in [7, 11) is -3.34. The maximum absolute atomic E-state index is 12.1. The van der Waals surface area contributed by atoms with Gasteiger partial charge in [-0.3, -0.25) is 9.10 Å². The summed E-state index contributed by atoms with van der Waals surface area (Å²) in [5.74, 6) is -0.0227. The molecule has 20 heavy (non-hydrogen) atoms. The zero-order valence-electron chi connectivity index (χ0n) is 12.0. The summed E-state index contributed by atoms with van der Waals surface area (Å²) in [6, 6.07) is 7.36. The number of carbonyl (C=O) groups excluding carboxylic acids is 1. The standard InChI is InChI=1S/C14H20N2O3S/c1-10-13(9-15-11(2)17)8-12-6-4-5-7-14(12)16(10)20(3,18)19/h4-7,10,13H,8-9H2,1-3H3,(H,15,17)/t10-,13?/m1/s1. The third-order valence-corrected chi connectivity index (χ3v) is 4.98. The van der Waals surface area contributed by atoms with Crippen LogP contribution in [0.2, 0.25) is 0 Å². The zero-order valence-corrected chi connectivity index (χ0v) is 12.8. The molecule has 0 fully saturated rings. The number of hydrogen-bond acceptors (Lipinski definition) is 3. The van der Waals surface area contributed by atoms with E-state index < -0.39 is 10.0 Å². The normalized spacial score (nSPS) is 22.2. The summed E-state index contributed by atoms with van der Waals surface area (Å²) in [6.07, 6.45) is 1.99. The predicted octanol–water partition coefficient (Wildman–Crippen LogP) is 1.15. The molecule has 5 nitrogen and oxygen atoms in total. The van der Waals surface area contributed by atoms with Crippen molar-refractivity contribution >= 4 is 21.6 Å².